The van der Waals surface area contributed by atoms with E-state index in [0.29, 0.717) is 12.6 Å². The molecular formula is C13H23N3O2. The molecule has 1 N–H and O–H groups in total. The van der Waals surface area contributed by atoms with Gasteiger partial charge in [0.25, 0.3) is 0 Å². The molecule has 102 valence electrons. The number of carbonyl (C=O) groups excluding carboxylic acids is 2. The Morgan fingerprint density at radius 3 is 2.83 bits per heavy atom. The number of fused-ring (bicyclic) bond motifs is 1. The van der Waals surface area contributed by atoms with Crippen LogP contribution in [0.2, 0.25) is 0 Å². The van der Waals surface area contributed by atoms with Gasteiger partial charge in [0.2, 0.25) is 11.8 Å². The average molecular weight is 253 g/mol. The minimum Gasteiger partial charge on any atom is -0.330 e. The summed E-state index contributed by atoms with van der Waals surface area (Å²) in [4.78, 5) is 27.8. The van der Waals surface area contributed by atoms with E-state index in [2.05, 4.69) is 19.2 Å². The second kappa shape index (κ2) is 5.69. The van der Waals surface area contributed by atoms with Crippen LogP contribution < -0.4 is 5.32 Å². The molecule has 1 unspecified atom stereocenters. The van der Waals surface area contributed by atoms with Gasteiger partial charge in [0.05, 0.1) is 6.54 Å². The van der Waals surface area contributed by atoms with Crippen LogP contribution in [0.4, 0.5) is 0 Å². The zero-order chi connectivity index (χ0) is 13.1. The molecule has 2 amide bonds. The van der Waals surface area contributed by atoms with Crippen molar-refractivity contribution in [3.8, 4) is 0 Å². The van der Waals surface area contributed by atoms with Crippen molar-refractivity contribution in [2.24, 2.45) is 0 Å². The van der Waals surface area contributed by atoms with Crippen LogP contribution in [0.15, 0.2) is 0 Å². The van der Waals surface area contributed by atoms with Gasteiger partial charge in [0.1, 0.15) is 6.04 Å². The first-order valence-corrected chi connectivity index (χ1v) is 6.91. The summed E-state index contributed by atoms with van der Waals surface area (Å²) < 4.78 is 0. The average Bonchev–Trinajstić information content (AvgIpc) is 2.35. The van der Waals surface area contributed by atoms with E-state index in [9.17, 15) is 9.59 Å². The van der Waals surface area contributed by atoms with E-state index >= 15 is 0 Å². The summed E-state index contributed by atoms with van der Waals surface area (Å²) in [6.45, 7) is 6.55. The zero-order valence-corrected chi connectivity index (χ0v) is 11.3. The van der Waals surface area contributed by atoms with Crippen LogP contribution in [0, 0.1) is 0 Å². The highest BCUT2D eigenvalue weighted by molar-refractivity contribution is 5.95. The number of piperazine rings is 1. The first kappa shape index (κ1) is 13.3. The molecule has 0 aromatic carbocycles. The van der Waals surface area contributed by atoms with Crippen LogP contribution >= 0.6 is 0 Å². The van der Waals surface area contributed by atoms with E-state index in [1.54, 1.807) is 9.80 Å². The normalized spacial score (nSPS) is 24.7. The summed E-state index contributed by atoms with van der Waals surface area (Å²) in [5, 5.41) is 3.28. The predicted molar refractivity (Wildman–Crippen MR) is 69.1 cm³/mol. The minimum atomic E-state index is -0.181. The van der Waals surface area contributed by atoms with Gasteiger partial charge in [-0.15, -0.1) is 0 Å². The molecule has 0 radical (unpaired) electrons. The first-order valence-electron chi connectivity index (χ1n) is 6.91. The maximum atomic E-state index is 12.3. The van der Waals surface area contributed by atoms with Gasteiger partial charge in [0, 0.05) is 25.7 Å². The molecule has 0 aromatic rings. The number of carbonyl (C=O) groups is 2. The summed E-state index contributed by atoms with van der Waals surface area (Å²) in [6, 6.07) is 0.228. The molecule has 2 saturated heterocycles. The van der Waals surface area contributed by atoms with Crippen molar-refractivity contribution in [3.63, 3.8) is 0 Å². The Kier molecular flexibility index (Phi) is 4.22. The van der Waals surface area contributed by atoms with E-state index in [1.165, 1.54) is 0 Å². The van der Waals surface area contributed by atoms with Gasteiger partial charge in [-0.3, -0.25) is 9.59 Å². The van der Waals surface area contributed by atoms with Crippen LogP contribution in [0.5, 0.6) is 0 Å². The molecule has 18 heavy (non-hydrogen) atoms. The molecule has 0 spiro atoms. The van der Waals surface area contributed by atoms with Crippen LogP contribution in [0.3, 0.4) is 0 Å². The van der Waals surface area contributed by atoms with E-state index in [-0.39, 0.29) is 24.4 Å². The molecule has 1 atom stereocenters. The highest BCUT2D eigenvalue weighted by Crippen LogP contribution is 2.22. The maximum Gasteiger partial charge on any atom is 0.245 e. The fourth-order valence-electron chi connectivity index (χ4n) is 2.71. The summed E-state index contributed by atoms with van der Waals surface area (Å²) in [5.74, 6) is 0.253. The zero-order valence-electron chi connectivity index (χ0n) is 11.3. The summed E-state index contributed by atoms with van der Waals surface area (Å²) in [5.41, 5.74) is 0. The number of amides is 2. The number of nitrogens with one attached hydrogen (secondary N) is 1. The van der Waals surface area contributed by atoms with Gasteiger partial charge in [-0.05, 0) is 19.3 Å². The fraction of sp³-hybridized carbons (Fsp3) is 0.846. The summed E-state index contributed by atoms with van der Waals surface area (Å²) >= 11 is 0. The van der Waals surface area contributed by atoms with Gasteiger partial charge in [-0.1, -0.05) is 13.8 Å². The third-order valence-corrected chi connectivity index (χ3v) is 3.68. The number of hydrogen-bond acceptors (Lipinski definition) is 3. The smallest absolute Gasteiger partial charge is 0.245 e. The quantitative estimate of drug-likeness (QED) is 0.779. The Morgan fingerprint density at radius 2 is 2.11 bits per heavy atom. The number of rotatable bonds is 4. The van der Waals surface area contributed by atoms with Crippen molar-refractivity contribution in [2.45, 2.75) is 45.2 Å². The lowest BCUT2D eigenvalue weighted by Gasteiger charge is -2.42. The van der Waals surface area contributed by atoms with Crippen molar-refractivity contribution >= 4 is 11.8 Å². The van der Waals surface area contributed by atoms with E-state index in [0.717, 1.165) is 32.4 Å². The fourth-order valence-corrected chi connectivity index (χ4v) is 2.71. The minimum absolute atomic E-state index is 0.115. The first-order chi connectivity index (χ1) is 8.59. The molecule has 2 aliphatic rings. The lowest BCUT2D eigenvalue weighted by molar-refractivity contribution is -0.157. The van der Waals surface area contributed by atoms with Crippen LogP contribution in [0.1, 0.15) is 33.1 Å². The van der Waals surface area contributed by atoms with E-state index in [1.807, 2.05) is 0 Å². The number of hydrogen-bond donors (Lipinski definition) is 1. The van der Waals surface area contributed by atoms with Crippen molar-refractivity contribution in [1.82, 2.24) is 15.1 Å². The maximum absolute atomic E-state index is 12.3. The van der Waals surface area contributed by atoms with Crippen LogP contribution in [-0.2, 0) is 9.59 Å². The highest BCUT2D eigenvalue weighted by atomic mass is 16.2. The Labute approximate surface area is 108 Å². The number of nitrogens with zero attached hydrogens (tertiary/aromatic N) is 2. The summed E-state index contributed by atoms with van der Waals surface area (Å²) in [6.07, 6.45) is 2.92. The Morgan fingerprint density at radius 1 is 1.33 bits per heavy atom. The molecule has 2 heterocycles. The second-order valence-electron chi connectivity index (χ2n) is 5.47. The molecule has 2 rings (SSSR count). The largest absolute Gasteiger partial charge is 0.330 e. The topological polar surface area (TPSA) is 52.7 Å². The Hall–Kier alpha value is -1.10. The molecule has 2 aliphatic heterocycles. The number of piperidine rings is 1. The standard InChI is InChI=1S/C13H23N3O2/c1-10(2)14-6-8-15-9-12(17)16-7-4-3-5-11(16)13(15)18/h10-11,14H,3-9H2,1-2H3. The Bertz CT molecular complexity index is 330. The SMILES string of the molecule is CC(C)NCCN1CC(=O)N2CCCCC2C1=O. The van der Waals surface area contributed by atoms with E-state index in [4.69, 9.17) is 0 Å². The molecule has 0 aliphatic carbocycles. The lowest BCUT2D eigenvalue weighted by atomic mass is 9.98. The van der Waals surface area contributed by atoms with Gasteiger partial charge in [-0.2, -0.15) is 0 Å². The van der Waals surface area contributed by atoms with Crippen molar-refractivity contribution in [2.75, 3.05) is 26.2 Å². The molecule has 5 heteroatoms. The monoisotopic (exact) mass is 253 g/mol. The third kappa shape index (κ3) is 2.83. The van der Waals surface area contributed by atoms with Gasteiger partial charge < -0.3 is 15.1 Å². The summed E-state index contributed by atoms with van der Waals surface area (Å²) in [7, 11) is 0. The van der Waals surface area contributed by atoms with E-state index < -0.39 is 0 Å². The molecule has 0 aromatic heterocycles. The van der Waals surface area contributed by atoms with Gasteiger partial charge in [0.15, 0.2) is 0 Å². The molecule has 0 saturated carbocycles. The molecular weight excluding hydrogens is 230 g/mol. The van der Waals surface area contributed by atoms with Gasteiger partial charge in [-0.25, -0.2) is 0 Å². The van der Waals surface area contributed by atoms with Crippen molar-refractivity contribution in [1.29, 1.82) is 0 Å². The van der Waals surface area contributed by atoms with Crippen LogP contribution in [0.25, 0.3) is 0 Å². The van der Waals surface area contributed by atoms with Crippen molar-refractivity contribution < 1.29 is 9.59 Å². The predicted octanol–water partition coefficient (Wildman–Crippen LogP) is 0.208. The third-order valence-electron chi connectivity index (χ3n) is 3.68. The van der Waals surface area contributed by atoms with Crippen LogP contribution in [-0.4, -0.2) is 59.9 Å². The second-order valence-corrected chi connectivity index (χ2v) is 5.47. The van der Waals surface area contributed by atoms with Gasteiger partial charge >= 0.3 is 0 Å². The molecule has 2 fully saturated rings. The van der Waals surface area contributed by atoms with Crippen molar-refractivity contribution in [3.05, 3.63) is 0 Å². The lowest BCUT2D eigenvalue weighted by Crippen LogP contribution is -2.61. The highest BCUT2D eigenvalue weighted by Gasteiger charge is 2.39. The Balaban J connectivity index is 1.92. The molecule has 5 nitrogen and oxygen atoms in total. The molecule has 0 bridgehead atoms.